The summed E-state index contributed by atoms with van der Waals surface area (Å²) in [5.74, 6) is -1.42. The Morgan fingerprint density at radius 1 is 1.22 bits per heavy atom. The number of anilines is 1. The van der Waals surface area contributed by atoms with Crippen LogP contribution >= 0.6 is 12.4 Å². The highest BCUT2D eigenvalue weighted by Gasteiger charge is 2.12. The van der Waals surface area contributed by atoms with E-state index in [1.807, 2.05) is 26.0 Å². The van der Waals surface area contributed by atoms with Crippen LogP contribution in [0, 0.1) is 13.8 Å². The molecule has 0 atom stereocenters. The van der Waals surface area contributed by atoms with E-state index in [0.717, 1.165) is 11.1 Å². The second-order valence-corrected chi connectivity index (χ2v) is 5.13. The van der Waals surface area contributed by atoms with Crippen LogP contribution in [0.5, 0.6) is 0 Å². The average molecular weight is 344 g/mol. The quantitative estimate of drug-likeness (QED) is 0.731. The molecule has 0 fully saturated rings. The molecule has 3 N–H and O–H groups in total. The number of benzene rings is 1. The van der Waals surface area contributed by atoms with E-state index in [4.69, 9.17) is 5.11 Å². The fraction of sp³-hybridized carbons (Fsp3) is 0.400. The monoisotopic (exact) mass is 343 g/mol. The number of imide groups is 1. The van der Waals surface area contributed by atoms with Gasteiger partial charge in [-0.3, -0.25) is 19.8 Å². The maximum absolute atomic E-state index is 11.8. The van der Waals surface area contributed by atoms with Crippen LogP contribution in [0.1, 0.15) is 17.5 Å². The molecule has 1 aromatic rings. The van der Waals surface area contributed by atoms with Gasteiger partial charge in [-0.15, -0.1) is 12.4 Å². The summed E-state index contributed by atoms with van der Waals surface area (Å²) in [6.07, 6.45) is -0.0571. The Bertz CT molecular complexity index is 578. The molecule has 7 nitrogen and oxygen atoms in total. The van der Waals surface area contributed by atoms with Crippen LogP contribution in [0.3, 0.4) is 0 Å². The van der Waals surface area contributed by atoms with Crippen LogP contribution in [0.2, 0.25) is 0 Å². The fourth-order valence-corrected chi connectivity index (χ4v) is 1.82. The molecule has 3 amide bonds. The van der Waals surface area contributed by atoms with Crippen LogP contribution in [-0.4, -0.2) is 48.1 Å². The molecule has 0 heterocycles. The number of carbonyl (C=O) groups excluding carboxylic acids is 2. The summed E-state index contributed by atoms with van der Waals surface area (Å²) in [5.41, 5.74) is 2.62. The van der Waals surface area contributed by atoms with E-state index >= 15 is 0 Å². The zero-order valence-corrected chi connectivity index (χ0v) is 14.2. The average Bonchev–Trinajstić information content (AvgIpc) is 2.41. The van der Waals surface area contributed by atoms with Crippen LogP contribution in [0.15, 0.2) is 18.2 Å². The van der Waals surface area contributed by atoms with Gasteiger partial charge in [0, 0.05) is 12.2 Å². The van der Waals surface area contributed by atoms with Gasteiger partial charge in [0.15, 0.2) is 0 Å². The maximum atomic E-state index is 11.8. The standard InChI is InChI=1S/C15H21N3O4.ClH/c1-10-5-4-6-12(11(10)2)16-15(22)17-13(19)9-18(3)8-7-14(20)21;/h4-6H,7-9H2,1-3H3,(H,20,21)(H2,16,17,19,22);1H. The number of aryl methyl sites for hydroxylation is 1. The van der Waals surface area contributed by atoms with Crippen LogP contribution in [0.4, 0.5) is 10.5 Å². The van der Waals surface area contributed by atoms with E-state index in [-0.39, 0.29) is 31.9 Å². The van der Waals surface area contributed by atoms with Crippen molar-refractivity contribution >= 4 is 36.0 Å². The van der Waals surface area contributed by atoms with E-state index in [0.29, 0.717) is 5.69 Å². The normalized spacial score (nSPS) is 9.91. The van der Waals surface area contributed by atoms with Crippen molar-refractivity contribution in [3.63, 3.8) is 0 Å². The molecule has 1 rings (SSSR count). The minimum absolute atomic E-state index is 0. The Labute approximate surface area is 141 Å². The molecule has 0 saturated carbocycles. The van der Waals surface area contributed by atoms with Gasteiger partial charge in [-0.2, -0.15) is 0 Å². The van der Waals surface area contributed by atoms with Crippen molar-refractivity contribution in [1.29, 1.82) is 0 Å². The van der Waals surface area contributed by atoms with Crippen molar-refractivity contribution in [2.75, 3.05) is 25.5 Å². The van der Waals surface area contributed by atoms with E-state index in [2.05, 4.69) is 10.6 Å². The second-order valence-electron chi connectivity index (χ2n) is 5.13. The summed E-state index contributed by atoms with van der Waals surface area (Å²) in [5, 5.41) is 13.4. The Morgan fingerprint density at radius 3 is 2.48 bits per heavy atom. The zero-order chi connectivity index (χ0) is 16.7. The molecule has 1 aromatic carbocycles. The number of aliphatic carboxylic acids is 1. The van der Waals surface area contributed by atoms with Gasteiger partial charge in [-0.05, 0) is 38.1 Å². The highest BCUT2D eigenvalue weighted by atomic mass is 35.5. The lowest BCUT2D eigenvalue weighted by Crippen LogP contribution is -2.41. The molecule has 0 unspecified atom stereocenters. The minimum Gasteiger partial charge on any atom is -0.481 e. The molecule has 0 bridgehead atoms. The molecular formula is C15H22ClN3O4. The third kappa shape index (κ3) is 7.62. The maximum Gasteiger partial charge on any atom is 0.325 e. The molecule has 0 aromatic heterocycles. The lowest BCUT2D eigenvalue weighted by molar-refractivity contribution is -0.137. The van der Waals surface area contributed by atoms with Crippen molar-refractivity contribution in [2.24, 2.45) is 0 Å². The molecule has 23 heavy (non-hydrogen) atoms. The van der Waals surface area contributed by atoms with Gasteiger partial charge in [-0.25, -0.2) is 4.79 Å². The fourth-order valence-electron chi connectivity index (χ4n) is 1.82. The molecule has 0 aliphatic carbocycles. The van der Waals surface area contributed by atoms with Crippen molar-refractivity contribution in [1.82, 2.24) is 10.2 Å². The van der Waals surface area contributed by atoms with Gasteiger partial charge >= 0.3 is 12.0 Å². The van der Waals surface area contributed by atoms with Crippen LogP contribution in [0.25, 0.3) is 0 Å². The Hall–Kier alpha value is -2.12. The Kier molecular flexibility index (Phi) is 8.90. The number of carboxylic acids is 1. The number of urea groups is 1. The van der Waals surface area contributed by atoms with E-state index in [1.165, 1.54) is 4.90 Å². The molecule has 128 valence electrons. The lowest BCUT2D eigenvalue weighted by atomic mass is 10.1. The predicted molar refractivity (Wildman–Crippen MR) is 90.1 cm³/mol. The molecule has 0 spiro atoms. The number of carbonyl (C=O) groups is 3. The summed E-state index contributed by atoms with van der Waals surface area (Å²) in [4.78, 5) is 35.4. The first-order valence-electron chi connectivity index (χ1n) is 6.87. The van der Waals surface area contributed by atoms with Crippen LogP contribution < -0.4 is 10.6 Å². The van der Waals surface area contributed by atoms with Gasteiger partial charge < -0.3 is 10.4 Å². The zero-order valence-electron chi connectivity index (χ0n) is 13.4. The summed E-state index contributed by atoms with van der Waals surface area (Å²) in [7, 11) is 1.62. The van der Waals surface area contributed by atoms with Gasteiger partial charge in [0.05, 0.1) is 13.0 Å². The molecule has 0 aliphatic rings. The number of likely N-dealkylation sites (N-methyl/N-ethyl adjacent to an activating group) is 1. The number of halogens is 1. The van der Waals surface area contributed by atoms with E-state index < -0.39 is 17.9 Å². The molecular weight excluding hydrogens is 322 g/mol. The summed E-state index contributed by atoms with van der Waals surface area (Å²) >= 11 is 0. The highest BCUT2D eigenvalue weighted by Crippen LogP contribution is 2.17. The topological polar surface area (TPSA) is 98.7 Å². The van der Waals surface area contributed by atoms with Gasteiger partial charge in [0.25, 0.3) is 0 Å². The Morgan fingerprint density at radius 2 is 1.87 bits per heavy atom. The molecule has 8 heteroatoms. The van der Waals surface area contributed by atoms with Crippen molar-refractivity contribution in [3.8, 4) is 0 Å². The predicted octanol–water partition coefficient (Wildman–Crippen LogP) is 1.78. The smallest absolute Gasteiger partial charge is 0.325 e. The van der Waals surface area contributed by atoms with E-state index in [9.17, 15) is 14.4 Å². The van der Waals surface area contributed by atoms with Gasteiger partial charge in [0.1, 0.15) is 0 Å². The summed E-state index contributed by atoms with van der Waals surface area (Å²) < 4.78 is 0. The number of hydrogen-bond donors (Lipinski definition) is 3. The lowest BCUT2D eigenvalue weighted by Gasteiger charge is -2.15. The van der Waals surface area contributed by atoms with Gasteiger partial charge in [0.2, 0.25) is 5.91 Å². The van der Waals surface area contributed by atoms with Crippen molar-refractivity contribution in [3.05, 3.63) is 29.3 Å². The number of nitrogens with one attached hydrogen (secondary N) is 2. The number of amides is 3. The summed E-state index contributed by atoms with van der Waals surface area (Å²) in [6.45, 7) is 4.00. The number of hydrogen-bond acceptors (Lipinski definition) is 4. The summed E-state index contributed by atoms with van der Waals surface area (Å²) in [6, 6.07) is 4.90. The number of nitrogens with zero attached hydrogens (tertiary/aromatic N) is 1. The van der Waals surface area contributed by atoms with Crippen molar-refractivity contribution < 1.29 is 19.5 Å². The second kappa shape index (κ2) is 9.81. The minimum atomic E-state index is -0.931. The third-order valence-corrected chi connectivity index (χ3v) is 3.23. The highest BCUT2D eigenvalue weighted by molar-refractivity contribution is 6.02. The first-order chi connectivity index (χ1) is 10.3. The largest absolute Gasteiger partial charge is 0.481 e. The van der Waals surface area contributed by atoms with Gasteiger partial charge in [-0.1, -0.05) is 12.1 Å². The first-order valence-corrected chi connectivity index (χ1v) is 6.87. The SMILES string of the molecule is Cc1cccc(NC(=O)NC(=O)CN(C)CCC(=O)O)c1C.Cl. The molecule has 0 saturated heterocycles. The number of carboxylic acid groups (broad SMARTS) is 1. The van der Waals surface area contributed by atoms with E-state index in [1.54, 1.807) is 13.1 Å². The number of rotatable bonds is 6. The van der Waals surface area contributed by atoms with Crippen molar-refractivity contribution in [2.45, 2.75) is 20.3 Å². The first kappa shape index (κ1) is 20.9. The molecule has 0 aliphatic heterocycles. The Balaban J connectivity index is 0.00000484. The molecule has 0 radical (unpaired) electrons. The van der Waals surface area contributed by atoms with Crippen LogP contribution in [-0.2, 0) is 9.59 Å². The third-order valence-electron chi connectivity index (χ3n) is 3.23.